The number of nitrogens with two attached hydrogens (primary N) is 1. The molecule has 0 saturated heterocycles. The van der Waals surface area contributed by atoms with Crippen molar-refractivity contribution in [2.75, 3.05) is 11.1 Å². The van der Waals surface area contributed by atoms with Crippen LogP contribution in [-0.4, -0.2) is 10.9 Å². The Morgan fingerprint density at radius 2 is 2.08 bits per heavy atom. The highest BCUT2D eigenvalue weighted by Crippen LogP contribution is 2.33. The predicted molar refractivity (Wildman–Crippen MR) is 102 cm³/mol. The van der Waals surface area contributed by atoms with E-state index in [0.29, 0.717) is 22.2 Å². The van der Waals surface area contributed by atoms with E-state index >= 15 is 0 Å². The van der Waals surface area contributed by atoms with Gasteiger partial charge in [-0.15, -0.1) is 11.3 Å². The summed E-state index contributed by atoms with van der Waals surface area (Å²) in [7, 11) is 0. The minimum Gasteiger partial charge on any atom is -0.397 e. The number of halogens is 1. The topological polar surface area (TPSA) is 68.0 Å². The van der Waals surface area contributed by atoms with E-state index in [1.165, 1.54) is 23.5 Å². The number of hydrogen-bond acceptors (Lipinski definition) is 4. The van der Waals surface area contributed by atoms with E-state index in [9.17, 15) is 9.18 Å². The van der Waals surface area contributed by atoms with Gasteiger partial charge in [0.2, 0.25) is 0 Å². The van der Waals surface area contributed by atoms with Gasteiger partial charge in [-0.2, -0.15) is 0 Å². The van der Waals surface area contributed by atoms with Crippen molar-refractivity contribution in [3.63, 3.8) is 0 Å². The summed E-state index contributed by atoms with van der Waals surface area (Å²) >= 11 is 1.26. The average molecular weight is 357 g/mol. The maximum Gasteiger partial charge on any atom is 0.267 e. The van der Waals surface area contributed by atoms with E-state index in [1.807, 2.05) is 19.1 Å². The fraction of sp³-hybridized carbons (Fsp3) is 0.263. The number of amides is 1. The molecule has 6 heteroatoms. The molecule has 3 aromatic rings. The fourth-order valence-corrected chi connectivity index (χ4v) is 3.65. The van der Waals surface area contributed by atoms with Crippen LogP contribution in [0.5, 0.6) is 0 Å². The van der Waals surface area contributed by atoms with Crippen molar-refractivity contribution in [1.82, 2.24) is 4.98 Å². The normalized spacial score (nSPS) is 11.2. The summed E-state index contributed by atoms with van der Waals surface area (Å²) in [5.74, 6) is -0.245. The van der Waals surface area contributed by atoms with Gasteiger partial charge < -0.3 is 11.1 Å². The van der Waals surface area contributed by atoms with Crippen molar-refractivity contribution in [2.24, 2.45) is 5.92 Å². The second-order valence-electron chi connectivity index (χ2n) is 6.51. The maximum absolute atomic E-state index is 13.4. The third kappa shape index (κ3) is 3.64. The number of nitrogens with one attached hydrogen (secondary N) is 1. The number of nitrogen functional groups attached to an aromatic ring is 1. The van der Waals surface area contributed by atoms with Crippen molar-refractivity contribution in [3.05, 3.63) is 52.3 Å². The molecule has 1 amide bonds. The zero-order chi connectivity index (χ0) is 18.1. The van der Waals surface area contributed by atoms with Crippen LogP contribution in [0.2, 0.25) is 0 Å². The summed E-state index contributed by atoms with van der Waals surface area (Å²) in [5.41, 5.74) is 8.77. The first-order chi connectivity index (χ1) is 11.8. The highest BCUT2D eigenvalue weighted by molar-refractivity contribution is 7.21. The highest BCUT2D eigenvalue weighted by atomic mass is 32.1. The minimum atomic E-state index is -0.398. The monoisotopic (exact) mass is 357 g/mol. The molecule has 4 nitrogen and oxygen atoms in total. The van der Waals surface area contributed by atoms with Gasteiger partial charge in [0.05, 0.1) is 5.69 Å². The van der Waals surface area contributed by atoms with Crippen LogP contribution >= 0.6 is 11.3 Å². The number of thiophene rings is 1. The van der Waals surface area contributed by atoms with Crippen LogP contribution in [-0.2, 0) is 6.42 Å². The SMILES string of the molecule is Cc1ccc(F)cc1NC(=O)c1sc2nc(CC(C)C)ccc2c1N. The van der Waals surface area contributed by atoms with E-state index in [-0.39, 0.29) is 5.91 Å². The first-order valence-electron chi connectivity index (χ1n) is 8.10. The molecule has 0 saturated carbocycles. The van der Waals surface area contributed by atoms with Crippen molar-refractivity contribution >= 4 is 38.8 Å². The number of aryl methyl sites for hydroxylation is 1. The number of carbonyl (C=O) groups is 1. The molecule has 2 heterocycles. The molecule has 3 rings (SSSR count). The second kappa shape index (κ2) is 6.80. The van der Waals surface area contributed by atoms with E-state index in [0.717, 1.165) is 27.9 Å². The lowest BCUT2D eigenvalue weighted by atomic mass is 10.1. The molecular formula is C19H20FN3OS. The number of nitrogens with zero attached hydrogens (tertiary/aromatic N) is 1. The number of benzene rings is 1. The lowest BCUT2D eigenvalue weighted by Gasteiger charge is -2.07. The van der Waals surface area contributed by atoms with Crippen LogP contribution in [0.25, 0.3) is 10.2 Å². The van der Waals surface area contributed by atoms with Gasteiger partial charge in [0.25, 0.3) is 5.91 Å². The molecule has 0 unspecified atom stereocenters. The van der Waals surface area contributed by atoms with Gasteiger partial charge >= 0.3 is 0 Å². The van der Waals surface area contributed by atoms with Crippen molar-refractivity contribution in [1.29, 1.82) is 0 Å². The van der Waals surface area contributed by atoms with Gasteiger partial charge in [-0.05, 0) is 49.1 Å². The first kappa shape index (κ1) is 17.4. The van der Waals surface area contributed by atoms with E-state index < -0.39 is 5.82 Å². The Kier molecular flexibility index (Phi) is 4.72. The summed E-state index contributed by atoms with van der Waals surface area (Å²) in [4.78, 5) is 18.4. The van der Waals surface area contributed by atoms with Crippen LogP contribution in [0.4, 0.5) is 15.8 Å². The molecule has 1 aromatic carbocycles. The summed E-state index contributed by atoms with van der Waals surface area (Å²) < 4.78 is 13.4. The Morgan fingerprint density at radius 3 is 2.80 bits per heavy atom. The van der Waals surface area contributed by atoms with Crippen molar-refractivity contribution in [2.45, 2.75) is 27.2 Å². The fourth-order valence-electron chi connectivity index (χ4n) is 2.64. The van der Waals surface area contributed by atoms with E-state index in [2.05, 4.69) is 24.1 Å². The number of pyridine rings is 1. The van der Waals surface area contributed by atoms with Crippen LogP contribution in [0.1, 0.15) is 34.8 Å². The molecule has 25 heavy (non-hydrogen) atoms. The Balaban J connectivity index is 1.93. The van der Waals surface area contributed by atoms with Gasteiger partial charge in [0.1, 0.15) is 15.5 Å². The maximum atomic E-state index is 13.4. The highest BCUT2D eigenvalue weighted by Gasteiger charge is 2.18. The standard InChI is InChI=1S/C19H20FN3OS/c1-10(2)8-13-6-7-14-16(21)17(25-19(14)22-13)18(24)23-15-9-12(20)5-4-11(15)3/h4-7,9-10H,8,21H2,1-3H3,(H,23,24). The number of carbonyl (C=O) groups excluding carboxylic acids is 1. The molecule has 130 valence electrons. The van der Waals surface area contributed by atoms with Crippen LogP contribution in [0.3, 0.4) is 0 Å². The van der Waals surface area contributed by atoms with Gasteiger partial charge in [-0.1, -0.05) is 19.9 Å². The van der Waals surface area contributed by atoms with Gasteiger partial charge in [-0.25, -0.2) is 9.37 Å². The lowest BCUT2D eigenvalue weighted by molar-refractivity contribution is 0.103. The number of rotatable bonds is 4. The molecule has 0 radical (unpaired) electrons. The number of hydrogen-bond donors (Lipinski definition) is 2. The Bertz CT molecular complexity index is 949. The zero-order valence-corrected chi connectivity index (χ0v) is 15.2. The summed E-state index contributed by atoms with van der Waals surface area (Å²) in [5, 5.41) is 3.52. The minimum absolute atomic E-state index is 0.348. The van der Waals surface area contributed by atoms with Crippen molar-refractivity contribution < 1.29 is 9.18 Å². The number of anilines is 2. The summed E-state index contributed by atoms with van der Waals surface area (Å²) in [6, 6.07) is 8.15. The van der Waals surface area contributed by atoms with Crippen molar-refractivity contribution in [3.8, 4) is 0 Å². The summed E-state index contributed by atoms with van der Waals surface area (Å²) in [6.07, 6.45) is 0.873. The largest absolute Gasteiger partial charge is 0.397 e. The van der Waals surface area contributed by atoms with Crippen LogP contribution < -0.4 is 11.1 Å². The number of aromatic nitrogens is 1. The predicted octanol–water partition coefficient (Wildman–Crippen LogP) is 4.78. The molecule has 0 aliphatic carbocycles. The smallest absolute Gasteiger partial charge is 0.267 e. The first-order valence-corrected chi connectivity index (χ1v) is 8.92. The Morgan fingerprint density at radius 1 is 1.32 bits per heavy atom. The third-order valence-corrected chi connectivity index (χ3v) is 5.04. The quantitative estimate of drug-likeness (QED) is 0.706. The molecule has 0 aliphatic rings. The molecule has 0 fully saturated rings. The van der Waals surface area contributed by atoms with Gasteiger partial charge in [-0.3, -0.25) is 4.79 Å². The zero-order valence-electron chi connectivity index (χ0n) is 14.4. The third-order valence-electron chi connectivity index (χ3n) is 3.92. The average Bonchev–Trinajstić information content (AvgIpc) is 2.87. The molecular weight excluding hydrogens is 337 g/mol. The molecule has 0 bridgehead atoms. The molecule has 2 aromatic heterocycles. The van der Waals surface area contributed by atoms with Gasteiger partial charge in [0, 0.05) is 16.8 Å². The molecule has 3 N–H and O–H groups in total. The lowest BCUT2D eigenvalue weighted by Crippen LogP contribution is -2.13. The Labute approximate surface area is 149 Å². The summed E-state index contributed by atoms with van der Waals surface area (Å²) in [6.45, 7) is 6.08. The van der Waals surface area contributed by atoms with Crippen LogP contribution in [0, 0.1) is 18.7 Å². The van der Waals surface area contributed by atoms with E-state index in [4.69, 9.17) is 5.73 Å². The van der Waals surface area contributed by atoms with Crippen LogP contribution in [0.15, 0.2) is 30.3 Å². The number of fused-ring (bicyclic) bond motifs is 1. The molecule has 0 aliphatic heterocycles. The van der Waals surface area contributed by atoms with E-state index in [1.54, 1.807) is 6.07 Å². The Hall–Kier alpha value is -2.47. The molecule has 0 atom stereocenters. The van der Waals surface area contributed by atoms with Gasteiger partial charge in [0.15, 0.2) is 0 Å². The second-order valence-corrected chi connectivity index (χ2v) is 7.51. The molecule has 0 spiro atoms.